The van der Waals surface area contributed by atoms with Crippen molar-refractivity contribution >= 4 is 0 Å². The average Bonchev–Trinajstić information content (AvgIpc) is 2.53. The van der Waals surface area contributed by atoms with Crippen molar-refractivity contribution in [3.05, 3.63) is 70.8 Å². The number of hydrogen-bond donors (Lipinski definition) is 1. The molecule has 0 aliphatic carbocycles. The van der Waals surface area contributed by atoms with Crippen LogP contribution in [0.4, 0.5) is 35.1 Å². The molecule has 1 N–H and O–H groups in total. The minimum absolute atomic E-state index is 0.0828. The fourth-order valence-corrected chi connectivity index (χ4v) is 2.45. The molecule has 0 radical (unpaired) electrons. The van der Waals surface area contributed by atoms with Gasteiger partial charge in [-0.25, -0.2) is 0 Å². The van der Waals surface area contributed by atoms with Gasteiger partial charge < -0.3 is 5.11 Å². The van der Waals surface area contributed by atoms with E-state index in [9.17, 15) is 40.2 Å². The third-order valence-corrected chi connectivity index (χ3v) is 3.89. The molecule has 26 heavy (non-hydrogen) atoms. The molecular weight excluding hydrogens is 372 g/mol. The highest BCUT2D eigenvalue weighted by molar-refractivity contribution is 5.42. The van der Waals surface area contributed by atoms with Crippen LogP contribution in [0.5, 0.6) is 0 Å². The van der Waals surface area contributed by atoms with E-state index in [0.29, 0.717) is 23.8 Å². The molecule has 2 aromatic rings. The van der Waals surface area contributed by atoms with Gasteiger partial charge in [0.05, 0.1) is 5.56 Å². The average molecular weight is 384 g/mol. The van der Waals surface area contributed by atoms with E-state index in [1.807, 2.05) is 0 Å². The first-order valence-electron chi connectivity index (χ1n) is 7.13. The van der Waals surface area contributed by atoms with Gasteiger partial charge in [0, 0.05) is 0 Å². The van der Waals surface area contributed by atoms with Crippen molar-refractivity contribution in [3.8, 4) is 0 Å². The summed E-state index contributed by atoms with van der Waals surface area (Å²) in [6, 6.07) is 5.80. The van der Waals surface area contributed by atoms with Crippen molar-refractivity contribution in [2.75, 3.05) is 0 Å². The Morgan fingerprint density at radius 3 is 1.65 bits per heavy atom. The number of rotatable bonds is 3. The van der Waals surface area contributed by atoms with E-state index in [2.05, 4.69) is 0 Å². The van der Waals surface area contributed by atoms with Gasteiger partial charge in [-0.05, 0) is 30.2 Å². The Bertz CT molecular complexity index is 777. The van der Waals surface area contributed by atoms with Crippen LogP contribution in [-0.2, 0) is 11.8 Å². The summed E-state index contributed by atoms with van der Waals surface area (Å²) in [6.07, 6.45) is -11.2. The maximum absolute atomic E-state index is 14.2. The Morgan fingerprint density at radius 1 is 0.692 bits per heavy atom. The van der Waals surface area contributed by atoms with Crippen LogP contribution in [0.1, 0.15) is 22.3 Å². The predicted octanol–water partition coefficient (Wildman–Crippen LogP) is 5.45. The van der Waals surface area contributed by atoms with Crippen molar-refractivity contribution in [1.82, 2.24) is 0 Å². The number of aryl methyl sites for hydroxylation is 1. The van der Waals surface area contributed by atoms with Gasteiger partial charge in [-0.1, -0.05) is 42.0 Å². The lowest BCUT2D eigenvalue weighted by Gasteiger charge is -2.37. The SMILES string of the molecule is Cc1ccc(C(O)(c2cccc(C(F)(F)F)c2)C(F)(F)C(F)(F)F)cc1. The van der Waals surface area contributed by atoms with Gasteiger partial charge in [-0.15, -0.1) is 0 Å². The fourth-order valence-electron chi connectivity index (χ4n) is 2.45. The summed E-state index contributed by atoms with van der Waals surface area (Å²) in [5.41, 5.74) is -7.11. The largest absolute Gasteiger partial charge is 0.457 e. The van der Waals surface area contributed by atoms with Crippen LogP contribution in [0.25, 0.3) is 0 Å². The van der Waals surface area contributed by atoms with Crippen LogP contribution in [-0.4, -0.2) is 17.2 Å². The summed E-state index contributed by atoms with van der Waals surface area (Å²) in [5, 5.41) is 10.5. The molecule has 1 nitrogen and oxygen atoms in total. The molecule has 0 fully saturated rings. The van der Waals surface area contributed by atoms with Crippen molar-refractivity contribution in [2.24, 2.45) is 0 Å². The summed E-state index contributed by atoms with van der Waals surface area (Å²) in [4.78, 5) is 0. The van der Waals surface area contributed by atoms with E-state index in [1.165, 1.54) is 19.1 Å². The second-order valence-electron chi connectivity index (χ2n) is 5.73. The molecule has 0 heterocycles. The Kier molecular flexibility index (Phi) is 4.82. The van der Waals surface area contributed by atoms with E-state index >= 15 is 0 Å². The second kappa shape index (κ2) is 6.22. The highest BCUT2D eigenvalue weighted by Gasteiger charge is 2.71. The van der Waals surface area contributed by atoms with Crippen LogP contribution < -0.4 is 0 Å². The maximum atomic E-state index is 14.2. The first kappa shape index (κ1) is 20.2. The fraction of sp³-hybridized carbons (Fsp3) is 0.294. The summed E-state index contributed by atoms with van der Waals surface area (Å²) >= 11 is 0. The minimum atomic E-state index is -6.21. The van der Waals surface area contributed by atoms with Crippen LogP contribution >= 0.6 is 0 Å². The normalized spacial score (nSPS) is 15.6. The summed E-state index contributed by atoms with van der Waals surface area (Å²) in [6.45, 7) is 1.52. The van der Waals surface area contributed by atoms with E-state index in [0.717, 1.165) is 12.1 Å². The molecule has 0 saturated heterocycles. The summed E-state index contributed by atoms with van der Waals surface area (Å²) in [5.74, 6) is -5.75. The minimum Gasteiger partial charge on any atom is -0.374 e. The molecule has 0 bridgehead atoms. The van der Waals surface area contributed by atoms with Gasteiger partial charge in [-0.2, -0.15) is 35.1 Å². The van der Waals surface area contributed by atoms with Gasteiger partial charge in [0.25, 0.3) is 0 Å². The highest BCUT2D eigenvalue weighted by atomic mass is 19.4. The van der Waals surface area contributed by atoms with Crippen LogP contribution in [0.2, 0.25) is 0 Å². The molecule has 2 rings (SSSR count). The van der Waals surface area contributed by atoms with E-state index in [4.69, 9.17) is 0 Å². The molecule has 9 heteroatoms. The standard InChI is InChI=1S/C17H12F8O/c1-10-5-7-11(8-6-10)14(26,16(21,22)17(23,24)25)12-3-2-4-13(9-12)15(18,19)20/h2-9,26H,1H3. The maximum Gasteiger partial charge on any atom is 0.457 e. The van der Waals surface area contributed by atoms with Crippen molar-refractivity contribution in [3.63, 3.8) is 0 Å². The Balaban J connectivity index is 2.80. The lowest BCUT2D eigenvalue weighted by atomic mass is 9.79. The smallest absolute Gasteiger partial charge is 0.374 e. The molecule has 142 valence electrons. The van der Waals surface area contributed by atoms with E-state index in [-0.39, 0.29) is 6.07 Å². The zero-order chi connectivity index (χ0) is 20.0. The Labute approximate surface area is 142 Å². The first-order chi connectivity index (χ1) is 11.7. The summed E-state index contributed by atoms with van der Waals surface area (Å²) < 4.78 is 106. The van der Waals surface area contributed by atoms with Crippen LogP contribution in [0, 0.1) is 6.92 Å². The number of alkyl halides is 8. The predicted molar refractivity (Wildman–Crippen MR) is 76.6 cm³/mol. The molecule has 0 aliphatic rings. The first-order valence-corrected chi connectivity index (χ1v) is 7.13. The van der Waals surface area contributed by atoms with E-state index in [1.54, 1.807) is 0 Å². The van der Waals surface area contributed by atoms with Crippen molar-refractivity contribution in [2.45, 2.75) is 30.8 Å². The third kappa shape index (κ3) is 3.27. The molecule has 1 unspecified atom stereocenters. The number of hydrogen-bond acceptors (Lipinski definition) is 1. The number of aliphatic hydroxyl groups is 1. The third-order valence-electron chi connectivity index (χ3n) is 3.89. The van der Waals surface area contributed by atoms with Crippen LogP contribution in [0.15, 0.2) is 48.5 Å². The molecule has 1 atom stereocenters. The molecule has 0 amide bonds. The monoisotopic (exact) mass is 384 g/mol. The van der Waals surface area contributed by atoms with Crippen LogP contribution in [0.3, 0.4) is 0 Å². The molecule has 0 saturated carbocycles. The molecule has 0 aromatic heterocycles. The molecular formula is C17H12F8O. The van der Waals surface area contributed by atoms with Gasteiger partial charge in [0.15, 0.2) is 5.60 Å². The Hall–Kier alpha value is -2.16. The second-order valence-corrected chi connectivity index (χ2v) is 5.73. The summed E-state index contributed by atoms with van der Waals surface area (Å²) in [7, 11) is 0. The molecule has 2 aromatic carbocycles. The number of halogens is 8. The van der Waals surface area contributed by atoms with Gasteiger partial charge >= 0.3 is 18.3 Å². The Morgan fingerprint density at radius 2 is 1.19 bits per heavy atom. The van der Waals surface area contributed by atoms with Gasteiger partial charge in [0.2, 0.25) is 0 Å². The lowest BCUT2D eigenvalue weighted by Crippen LogP contribution is -2.55. The highest BCUT2D eigenvalue weighted by Crippen LogP contribution is 2.52. The topological polar surface area (TPSA) is 20.2 Å². The molecule has 0 aliphatic heterocycles. The van der Waals surface area contributed by atoms with Crippen molar-refractivity contribution < 1.29 is 40.2 Å². The number of benzene rings is 2. The zero-order valence-corrected chi connectivity index (χ0v) is 13.1. The quantitative estimate of drug-likeness (QED) is 0.698. The molecule has 0 spiro atoms. The van der Waals surface area contributed by atoms with Crippen molar-refractivity contribution in [1.29, 1.82) is 0 Å². The van der Waals surface area contributed by atoms with Gasteiger partial charge in [0.1, 0.15) is 0 Å². The zero-order valence-electron chi connectivity index (χ0n) is 13.1. The lowest BCUT2D eigenvalue weighted by molar-refractivity contribution is -0.336. The van der Waals surface area contributed by atoms with Gasteiger partial charge in [-0.3, -0.25) is 0 Å². The van der Waals surface area contributed by atoms with E-state index < -0.39 is 40.6 Å².